The Balaban J connectivity index is 1.78. The fraction of sp³-hybridized carbons (Fsp3) is 0.333. The van der Waals surface area contributed by atoms with Crippen LogP contribution in [-0.2, 0) is 11.2 Å². The summed E-state index contributed by atoms with van der Waals surface area (Å²) in [5.74, 6) is 0.997. The van der Waals surface area contributed by atoms with E-state index in [4.69, 9.17) is 4.74 Å². The standard InChI is InChI=1S/C18H18N2O3S/c1-10-16(21)13(9-19-10)18-20-17(22)15(24-18)8-11-4-5-14-12(7-11)3-2-6-23-14/h4-5,7-8,10,19H,2-3,6,9H2,1H3,(H,20,22)/b15-8-,18-13+. The number of rotatable bonds is 1. The highest BCUT2D eigenvalue weighted by Gasteiger charge is 2.26. The number of ketones is 1. The van der Waals surface area contributed by atoms with E-state index in [0.717, 1.165) is 30.8 Å². The van der Waals surface area contributed by atoms with E-state index in [-0.39, 0.29) is 17.4 Å². The average molecular weight is 342 g/mol. The van der Waals surface area contributed by atoms with Gasteiger partial charge < -0.3 is 15.0 Å². The first kappa shape index (κ1) is 15.4. The molecular weight excluding hydrogens is 324 g/mol. The van der Waals surface area contributed by atoms with E-state index in [0.29, 0.717) is 21.3 Å². The Bertz CT molecular complexity index is 986. The first-order valence-corrected chi connectivity index (χ1v) is 8.91. The van der Waals surface area contributed by atoms with Gasteiger partial charge in [-0.25, -0.2) is 0 Å². The van der Waals surface area contributed by atoms with Gasteiger partial charge >= 0.3 is 0 Å². The number of ether oxygens (including phenoxy) is 1. The zero-order valence-corrected chi connectivity index (χ0v) is 14.2. The maximum absolute atomic E-state index is 12.2. The number of H-pyrrole nitrogens is 1. The molecule has 6 heteroatoms. The number of carbonyl (C=O) groups excluding carboxylic acids is 1. The van der Waals surface area contributed by atoms with E-state index in [2.05, 4.69) is 16.4 Å². The fourth-order valence-electron chi connectivity index (χ4n) is 3.09. The lowest BCUT2D eigenvalue weighted by atomic mass is 10.0. The second kappa shape index (κ2) is 6.03. The lowest BCUT2D eigenvalue weighted by Crippen LogP contribution is -2.22. The third-order valence-corrected chi connectivity index (χ3v) is 5.52. The predicted octanol–water partition coefficient (Wildman–Crippen LogP) is 0.302. The molecule has 0 saturated carbocycles. The number of hydrogen-bond acceptors (Lipinski definition) is 5. The van der Waals surface area contributed by atoms with E-state index >= 15 is 0 Å². The van der Waals surface area contributed by atoms with Crippen molar-refractivity contribution in [1.29, 1.82) is 0 Å². The molecule has 0 spiro atoms. The zero-order chi connectivity index (χ0) is 16.7. The van der Waals surface area contributed by atoms with Crippen molar-refractivity contribution < 1.29 is 9.53 Å². The number of benzene rings is 1. The Hall–Kier alpha value is -2.18. The Kier molecular flexibility index (Phi) is 3.86. The summed E-state index contributed by atoms with van der Waals surface area (Å²) in [4.78, 5) is 27.2. The van der Waals surface area contributed by atoms with Crippen molar-refractivity contribution in [3.63, 3.8) is 0 Å². The summed E-state index contributed by atoms with van der Waals surface area (Å²) in [5.41, 5.74) is 2.68. The summed E-state index contributed by atoms with van der Waals surface area (Å²) in [6.45, 7) is 3.11. The molecule has 1 aromatic heterocycles. The van der Waals surface area contributed by atoms with Gasteiger partial charge in [-0.15, -0.1) is 11.3 Å². The minimum absolute atomic E-state index is 0.0602. The maximum Gasteiger partial charge on any atom is 0.266 e. The van der Waals surface area contributed by atoms with Crippen molar-refractivity contribution in [3.05, 3.63) is 48.9 Å². The number of aryl methyl sites for hydroxylation is 1. The minimum Gasteiger partial charge on any atom is -0.493 e. The number of nitrogens with one attached hydrogen (secondary N) is 2. The van der Waals surface area contributed by atoms with Gasteiger partial charge in [0.05, 0.1) is 17.2 Å². The second-order valence-electron chi connectivity index (χ2n) is 6.16. The molecular formula is C18H18N2O3S. The average Bonchev–Trinajstić information content (AvgIpc) is 3.11. The van der Waals surface area contributed by atoms with Crippen molar-refractivity contribution in [3.8, 4) is 5.75 Å². The molecule has 0 amide bonds. The van der Waals surface area contributed by atoms with Crippen LogP contribution in [0.3, 0.4) is 0 Å². The minimum atomic E-state index is -0.182. The number of hydrogen-bond donors (Lipinski definition) is 2. The number of Topliss-reactive ketones (excluding diaryl/α,β-unsaturated/α-hetero) is 1. The first-order valence-electron chi connectivity index (χ1n) is 8.09. The molecule has 124 valence electrons. The number of aromatic amines is 1. The Morgan fingerprint density at radius 3 is 3.00 bits per heavy atom. The van der Waals surface area contributed by atoms with Crippen LogP contribution in [0.4, 0.5) is 0 Å². The molecule has 0 bridgehead atoms. The van der Waals surface area contributed by atoms with Crippen molar-refractivity contribution in [2.45, 2.75) is 25.8 Å². The summed E-state index contributed by atoms with van der Waals surface area (Å²) in [7, 11) is 0. The summed E-state index contributed by atoms with van der Waals surface area (Å²) in [6.07, 6.45) is 3.89. The van der Waals surface area contributed by atoms with Crippen LogP contribution in [0.2, 0.25) is 0 Å². The fourth-order valence-corrected chi connectivity index (χ4v) is 4.09. The van der Waals surface area contributed by atoms with Crippen LogP contribution in [0.1, 0.15) is 24.5 Å². The monoisotopic (exact) mass is 342 g/mol. The maximum atomic E-state index is 12.2. The molecule has 1 atom stereocenters. The number of aromatic nitrogens is 1. The van der Waals surface area contributed by atoms with Crippen molar-refractivity contribution >= 4 is 28.8 Å². The van der Waals surface area contributed by atoms with Crippen molar-refractivity contribution in [2.75, 3.05) is 13.2 Å². The molecule has 4 rings (SSSR count). The van der Waals surface area contributed by atoms with E-state index in [9.17, 15) is 9.59 Å². The molecule has 0 aliphatic carbocycles. The van der Waals surface area contributed by atoms with Crippen molar-refractivity contribution in [1.82, 2.24) is 10.3 Å². The molecule has 5 nitrogen and oxygen atoms in total. The van der Waals surface area contributed by atoms with Crippen LogP contribution < -0.4 is 24.8 Å². The van der Waals surface area contributed by atoms with E-state index < -0.39 is 0 Å². The predicted molar refractivity (Wildman–Crippen MR) is 93.9 cm³/mol. The Labute approximate surface area is 142 Å². The number of thiazole rings is 1. The first-order chi connectivity index (χ1) is 11.6. The highest BCUT2D eigenvalue weighted by molar-refractivity contribution is 7.07. The molecule has 3 heterocycles. The molecule has 0 radical (unpaired) electrons. The molecule has 1 fully saturated rings. The highest BCUT2D eigenvalue weighted by atomic mass is 32.1. The summed E-state index contributed by atoms with van der Waals surface area (Å²) in [5, 5.41) is 3.10. The van der Waals surface area contributed by atoms with Gasteiger partial charge in [-0.2, -0.15) is 0 Å². The number of carbonyl (C=O) groups is 1. The van der Waals surface area contributed by atoms with Gasteiger partial charge in [0.1, 0.15) is 10.4 Å². The third kappa shape index (κ3) is 2.72. The van der Waals surface area contributed by atoms with Gasteiger partial charge in [-0.1, -0.05) is 6.07 Å². The highest BCUT2D eigenvalue weighted by Crippen LogP contribution is 2.25. The van der Waals surface area contributed by atoms with Gasteiger partial charge in [-0.05, 0) is 49.1 Å². The lowest BCUT2D eigenvalue weighted by molar-refractivity contribution is -0.114. The lowest BCUT2D eigenvalue weighted by Gasteiger charge is -2.17. The Morgan fingerprint density at radius 1 is 1.33 bits per heavy atom. The molecule has 24 heavy (non-hydrogen) atoms. The summed E-state index contributed by atoms with van der Waals surface area (Å²) >= 11 is 1.34. The van der Waals surface area contributed by atoms with E-state index in [1.54, 1.807) is 0 Å². The third-order valence-electron chi connectivity index (χ3n) is 4.44. The molecule has 2 aliphatic rings. The molecule has 2 aromatic rings. The largest absolute Gasteiger partial charge is 0.493 e. The van der Waals surface area contributed by atoms with Crippen LogP contribution in [0.5, 0.6) is 5.75 Å². The van der Waals surface area contributed by atoms with Gasteiger partial charge in [0.15, 0.2) is 5.78 Å². The molecule has 1 aromatic carbocycles. The Morgan fingerprint density at radius 2 is 2.21 bits per heavy atom. The number of fused-ring (bicyclic) bond motifs is 1. The van der Waals surface area contributed by atoms with Crippen LogP contribution in [0.15, 0.2) is 23.0 Å². The molecule has 2 N–H and O–H groups in total. The smallest absolute Gasteiger partial charge is 0.266 e. The molecule has 2 aliphatic heterocycles. The van der Waals surface area contributed by atoms with E-state index in [1.165, 1.54) is 16.9 Å². The van der Waals surface area contributed by atoms with Crippen LogP contribution >= 0.6 is 11.3 Å². The molecule has 1 unspecified atom stereocenters. The summed E-state index contributed by atoms with van der Waals surface area (Å²) < 4.78 is 6.89. The van der Waals surface area contributed by atoms with Gasteiger partial charge in [0.2, 0.25) is 0 Å². The zero-order valence-electron chi connectivity index (χ0n) is 13.3. The van der Waals surface area contributed by atoms with E-state index in [1.807, 2.05) is 25.1 Å². The van der Waals surface area contributed by atoms with Gasteiger partial charge in [-0.3, -0.25) is 9.59 Å². The van der Waals surface area contributed by atoms with Gasteiger partial charge in [0.25, 0.3) is 5.56 Å². The van der Waals surface area contributed by atoms with Gasteiger partial charge in [0, 0.05) is 12.1 Å². The van der Waals surface area contributed by atoms with Crippen LogP contribution in [0, 0.1) is 0 Å². The van der Waals surface area contributed by atoms with Crippen molar-refractivity contribution in [2.24, 2.45) is 0 Å². The SMILES string of the molecule is CC1NC/C(=c2/[nH]c(=O)/c(=C/c3ccc4c(c3)CCCO4)s2)C1=O. The summed E-state index contributed by atoms with van der Waals surface area (Å²) in [6, 6.07) is 5.81. The molecule has 1 saturated heterocycles. The topological polar surface area (TPSA) is 71.2 Å². The second-order valence-corrected chi connectivity index (χ2v) is 7.21. The quantitative estimate of drug-likeness (QED) is 0.782. The normalized spacial score (nSPS) is 23.3. The van der Waals surface area contributed by atoms with Crippen LogP contribution in [-0.4, -0.2) is 30.0 Å². The van der Waals surface area contributed by atoms with Crippen LogP contribution in [0.25, 0.3) is 11.6 Å².